The first-order chi connectivity index (χ1) is 9.81. The molecule has 0 aliphatic carbocycles. The first-order valence-corrected chi connectivity index (χ1v) is 6.93. The van der Waals surface area contributed by atoms with Crippen molar-refractivity contribution in [2.75, 3.05) is 17.2 Å². The fourth-order valence-corrected chi connectivity index (χ4v) is 1.95. The zero-order valence-corrected chi connectivity index (χ0v) is 12.7. The molecule has 0 aliphatic heterocycles. The van der Waals surface area contributed by atoms with E-state index < -0.39 is 10.9 Å². The number of benzene rings is 1. The summed E-state index contributed by atoms with van der Waals surface area (Å²) in [7, 11) is 0. The van der Waals surface area contributed by atoms with Gasteiger partial charge in [-0.1, -0.05) is 0 Å². The third-order valence-corrected chi connectivity index (χ3v) is 2.85. The molecular formula is C16H20N2O3. The molecule has 0 atom stereocenters. The van der Waals surface area contributed by atoms with Crippen LogP contribution in [0.5, 0.6) is 5.75 Å². The van der Waals surface area contributed by atoms with Crippen molar-refractivity contribution in [3.05, 3.63) is 44.7 Å². The summed E-state index contributed by atoms with van der Waals surface area (Å²) >= 11 is 0. The molecule has 0 heterocycles. The normalized spacial score (nSPS) is 11.4. The average molecular weight is 288 g/mol. The zero-order valence-electron chi connectivity index (χ0n) is 12.7. The van der Waals surface area contributed by atoms with Gasteiger partial charge in [0.25, 0.3) is 10.9 Å². The lowest BCUT2D eigenvalue weighted by molar-refractivity contribution is 0.340. The second kappa shape index (κ2) is 5.60. The van der Waals surface area contributed by atoms with Gasteiger partial charge in [-0.05, 0) is 52.0 Å². The highest BCUT2D eigenvalue weighted by atomic mass is 16.5. The van der Waals surface area contributed by atoms with Crippen LogP contribution in [0.3, 0.4) is 0 Å². The van der Waals surface area contributed by atoms with E-state index in [4.69, 9.17) is 4.74 Å². The molecular weight excluding hydrogens is 268 g/mol. The van der Waals surface area contributed by atoms with E-state index in [9.17, 15) is 9.59 Å². The largest absolute Gasteiger partial charge is 0.494 e. The summed E-state index contributed by atoms with van der Waals surface area (Å²) in [6.07, 6.45) is 0. The summed E-state index contributed by atoms with van der Waals surface area (Å²) in [5, 5.41) is 6.05. The minimum absolute atomic E-state index is 0.280. The molecule has 5 heteroatoms. The lowest BCUT2D eigenvalue weighted by Crippen LogP contribution is -2.41. The predicted molar refractivity (Wildman–Crippen MR) is 85.6 cm³/mol. The van der Waals surface area contributed by atoms with E-state index in [1.165, 1.54) is 0 Å². The molecule has 0 aliphatic rings. The summed E-state index contributed by atoms with van der Waals surface area (Å²) in [5.41, 5.74) is 0.161. The van der Waals surface area contributed by atoms with Crippen molar-refractivity contribution < 1.29 is 4.74 Å². The van der Waals surface area contributed by atoms with Crippen molar-refractivity contribution in [2.45, 2.75) is 33.2 Å². The molecule has 0 aromatic heterocycles. The van der Waals surface area contributed by atoms with Gasteiger partial charge in [0.2, 0.25) is 0 Å². The zero-order chi connectivity index (χ0) is 15.6. The van der Waals surface area contributed by atoms with Crippen LogP contribution in [0, 0.1) is 0 Å². The minimum atomic E-state index is -0.490. The Balaban J connectivity index is 2.18. The summed E-state index contributed by atoms with van der Waals surface area (Å²) in [6.45, 7) is 8.32. The molecule has 0 spiro atoms. The molecule has 2 aromatic rings. The molecule has 0 amide bonds. The van der Waals surface area contributed by atoms with Crippen LogP contribution in [0.1, 0.15) is 27.7 Å². The first kappa shape index (κ1) is 15.1. The maximum absolute atomic E-state index is 11.7. The molecule has 21 heavy (non-hydrogen) atoms. The van der Waals surface area contributed by atoms with E-state index in [0.717, 1.165) is 11.4 Å². The molecule has 0 saturated heterocycles. The van der Waals surface area contributed by atoms with Crippen LogP contribution in [0.15, 0.2) is 33.9 Å². The molecule has 0 saturated carbocycles. The van der Waals surface area contributed by atoms with E-state index in [1.54, 1.807) is 0 Å². The standard InChI is InChI=1S/C16H20N2O3/c1-5-21-11-8-6-10(7-9-11)17-12-13(15(20)14(12)19)18-16(2,3)4/h6-9,17-18H,5H2,1-4H3. The Kier molecular flexibility index (Phi) is 4.02. The number of anilines is 3. The second-order valence-electron chi connectivity index (χ2n) is 5.87. The molecule has 2 rings (SSSR count). The Bertz CT molecular complexity index is 690. The monoisotopic (exact) mass is 288 g/mol. The lowest BCUT2D eigenvalue weighted by atomic mass is 10.1. The highest BCUT2D eigenvalue weighted by Gasteiger charge is 2.24. The highest BCUT2D eigenvalue weighted by molar-refractivity contribution is 5.79. The Morgan fingerprint density at radius 2 is 1.57 bits per heavy atom. The topological polar surface area (TPSA) is 67.4 Å². The second-order valence-corrected chi connectivity index (χ2v) is 5.87. The maximum atomic E-state index is 11.7. The van der Waals surface area contributed by atoms with Crippen molar-refractivity contribution in [1.29, 1.82) is 0 Å². The average Bonchev–Trinajstić information content (AvgIpc) is 2.43. The Labute approximate surface area is 123 Å². The van der Waals surface area contributed by atoms with Crippen LogP contribution < -0.4 is 26.2 Å². The fourth-order valence-electron chi connectivity index (χ4n) is 1.95. The summed E-state index contributed by atoms with van der Waals surface area (Å²) in [6, 6.07) is 7.24. The van der Waals surface area contributed by atoms with Crippen LogP contribution in [-0.4, -0.2) is 12.1 Å². The summed E-state index contributed by atoms with van der Waals surface area (Å²) in [4.78, 5) is 23.3. The summed E-state index contributed by atoms with van der Waals surface area (Å²) < 4.78 is 5.36. The van der Waals surface area contributed by atoms with Crippen LogP contribution in [0.25, 0.3) is 0 Å². The summed E-state index contributed by atoms with van der Waals surface area (Å²) in [5.74, 6) is 0.765. The van der Waals surface area contributed by atoms with Gasteiger partial charge in [0.15, 0.2) is 0 Å². The number of nitrogens with one attached hydrogen (secondary N) is 2. The molecule has 5 nitrogen and oxygen atoms in total. The smallest absolute Gasteiger partial charge is 0.253 e. The first-order valence-electron chi connectivity index (χ1n) is 6.93. The van der Waals surface area contributed by atoms with Crippen molar-refractivity contribution in [3.8, 4) is 5.75 Å². The number of ether oxygens (including phenoxy) is 1. The Morgan fingerprint density at radius 3 is 2.10 bits per heavy atom. The van der Waals surface area contributed by atoms with E-state index in [-0.39, 0.29) is 5.54 Å². The van der Waals surface area contributed by atoms with Gasteiger partial charge in [-0.3, -0.25) is 9.59 Å². The van der Waals surface area contributed by atoms with Crippen LogP contribution in [-0.2, 0) is 0 Å². The van der Waals surface area contributed by atoms with E-state index in [2.05, 4.69) is 10.6 Å². The van der Waals surface area contributed by atoms with Gasteiger partial charge in [0.1, 0.15) is 17.1 Å². The van der Waals surface area contributed by atoms with Crippen molar-refractivity contribution in [2.24, 2.45) is 0 Å². The molecule has 0 bridgehead atoms. The quantitative estimate of drug-likeness (QED) is 0.828. The number of rotatable bonds is 5. The number of hydrogen-bond acceptors (Lipinski definition) is 5. The highest BCUT2D eigenvalue weighted by Crippen LogP contribution is 2.24. The van der Waals surface area contributed by atoms with Gasteiger partial charge in [-0.15, -0.1) is 0 Å². The Hall–Kier alpha value is -2.30. The molecule has 2 aromatic carbocycles. The molecule has 0 unspecified atom stereocenters. The van der Waals surface area contributed by atoms with Crippen molar-refractivity contribution in [3.63, 3.8) is 0 Å². The fraction of sp³-hybridized carbons (Fsp3) is 0.375. The third kappa shape index (κ3) is 3.42. The van der Waals surface area contributed by atoms with E-state index in [1.807, 2.05) is 52.0 Å². The molecule has 112 valence electrons. The third-order valence-electron chi connectivity index (χ3n) is 2.85. The van der Waals surface area contributed by atoms with E-state index in [0.29, 0.717) is 18.0 Å². The van der Waals surface area contributed by atoms with Crippen LogP contribution in [0.4, 0.5) is 17.1 Å². The van der Waals surface area contributed by atoms with Crippen molar-refractivity contribution in [1.82, 2.24) is 0 Å². The molecule has 0 fully saturated rings. The minimum Gasteiger partial charge on any atom is -0.494 e. The van der Waals surface area contributed by atoms with Crippen LogP contribution in [0.2, 0.25) is 0 Å². The molecule has 0 radical (unpaired) electrons. The predicted octanol–water partition coefficient (Wildman–Crippen LogP) is 2.64. The van der Waals surface area contributed by atoms with Gasteiger partial charge >= 0.3 is 0 Å². The lowest BCUT2D eigenvalue weighted by Gasteiger charge is -2.24. The SMILES string of the molecule is CCOc1ccc(Nc2c(NC(C)(C)C)c(=O)c2=O)cc1. The molecule has 2 N–H and O–H groups in total. The van der Waals surface area contributed by atoms with Gasteiger partial charge < -0.3 is 15.4 Å². The van der Waals surface area contributed by atoms with Crippen molar-refractivity contribution >= 4 is 17.1 Å². The van der Waals surface area contributed by atoms with E-state index >= 15 is 0 Å². The van der Waals surface area contributed by atoms with Gasteiger partial charge in [0, 0.05) is 11.2 Å². The van der Waals surface area contributed by atoms with Gasteiger partial charge in [-0.25, -0.2) is 0 Å². The van der Waals surface area contributed by atoms with Gasteiger partial charge in [-0.2, -0.15) is 0 Å². The number of hydrogen-bond donors (Lipinski definition) is 2. The van der Waals surface area contributed by atoms with Crippen LogP contribution >= 0.6 is 0 Å². The Morgan fingerprint density at radius 1 is 1.00 bits per heavy atom. The maximum Gasteiger partial charge on any atom is 0.253 e. The van der Waals surface area contributed by atoms with Gasteiger partial charge in [0.05, 0.1) is 6.61 Å².